The molecule has 0 saturated carbocycles. The number of hydrogen-bond acceptors (Lipinski definition) is 4. The fraction of sp³-hybridized carbons (Fsp3) is 0.208. The van der Waals surface area contributed by atoms with Crippen LogP contribution in [0, 0.1) is 20.8 Å². The monoisotopic (exact) mass is 495 g/mol. The first kappa shape index (κ1) is 21.5. The van der Waals surface area contributed by atoms with Crippen molar-refractivity contribution in [2.24, 2.45) is 0 Å². The predicted octanol–water partition coefficient (Wildman–Crippen LogP) is 6.01. The number of anilines is 1. The van der Waals surface area contributed by atoms with Crippen LogP contribution in [0.4, 0.5) is 5.69 Å². The lowest BCUT2D eigenvalue weighted by molar-refractivity contribution is -0.118. The summed E-state index contributed by atoms with van der Waals surface area (Å²) in [5, 5.41) is 3.51. The van der Waals surface area contributed by atoms with Crippen LogP contribution in [0.5, 0.6) is 0 Å². The van der Waals surface area contributed by atoms with Gasteiger partial charge in [0.1, 0.15) is 10.9 Å². The van der Waals surface area contributed by atoms with Crippen LogP contribution >= 0.6 is 27.3 Å². The molecule has 0 saturated heterocycles. The number of thiophene rings is 1. The summed E-state index contributed by atoms with van der Waals surface area (Å²) < 4.78 is 2.39. The van der Waals surface area contributed by atoms with Gasteiger partial charge >= 0.3 is 0 Å². The van der Waals surface area contributed by atoms with Crippen molar-refractivity contribution in [3.05, 3.63) is 79.6 Å². The number of benzene rings is 2. The molecule has 0 spiro atoms. The number of nitrogens with zero attached hydrogens (tertiary/aromatic N) is 2. The van der Waals surface area contributed by atoms with Gasteiger partial charge in [-0.15, -0.1) is 11.3 Å². The molecule has 1 unspecified atom stereocenters. The fourth-order valence-corrected chi connectivity index (χ4v) is 4.86. The van der Waals surface area contributed by atoms with E-state index in [1.165, 1.54) is 22.2 Å². The minimum absolute atomic E-state index is 0.212. The molecule has 1 N–H and O–H groups in total. The number of carbonyl (C=O) groups excluding carboxylic acids is 1. The molecule has 7 heteroatoms. The standard InChI is InChI=1S/C24H22BrN3O2S/c1-13-5-6-14(2)19(11-13)27-22(29)15(3)28-12-26-23-21(24(28)30)20(16(4)31-23)17-7-9-18(25)10-8-17/h5-12,15H,1-4H3,(H,27,29). The first-order valence-corrected chi connectivity index (χ1v) is 11.5. The number of amides is 1. The topological polar surface area (TPSA) is 64.0 Å². The number of halogens is 1. The second-order valence-electron chi connectivity index (χ2n) is 7.66. The number of hydrogen-bond donors (Lipinski definition) is 1. The summed E-state index contributed by atoms with van der Waals surface area (Å²) in [6.45, 7) is 7.62. The van der Waals surface area contributed by atoms with Crippen LogP contribution in [0.2, 0.25) is 0 Å². The van der Waals surface area contributed by atoms with Gasteiger partial charge in [0.2, 0.25) is 5.91 Å². The highest BCUT2D eigenvalue weighted by molar-refractivity contribution is 9.10. The zero-order valence-corrected chi connectivity index (χ0v) is 20.1. The zero-order chi connectivity index (χ0) is 22.3. The summed E-state index contributed by atoms with van der Waals surface area (Å²) in [4.78, 5) is 32.6. The van der Waals surface area contributed by atoms with Crippen LogP contribution < -0.4 is 10.9 Å². The van der Waals surface area contributed by atoms with E-state index in [-0.39, 0.29) is 11.5 Å². The summed E-state index contributed by atoms with van der Waals surface area (Å²) in [5.41, 5.74) is 4.40. The summed E-state index contributed by atoms with van der Waals surface area (Å²) >= 11 is 4.94. The molecule has 1 amide bonds. The van der Waals surface area contributed by atoms with Crippen molar-refractivity contribution >= 4 is 49.1 Å². The molecule has 0 bridgehead atoms. The van der Waals surface area contributed by atoms with E-state index in [1.807, 2.05) is 63.2 Å². The van der Waals surface area contributed by atoms with Gasteiger partial charge in [0.05, 0.1) is 11.7 Å². The Bertz CT molecular complexity index is 1360. The van der Waals surface area contributed by atoms with Crippen LogP contribution in [0.1, 0.15) is 29.0 Å². The molecule has 2 aromatic carbocycles. The van der Waals surface area contributed by atoms with Gasteiger partial charge in [-0.3, -0.25) is 14.2 Å². The number of fused-ring (bicyclic) bond motifs is 1. The molecule has 4 aromatic rings. The third-order valence-corrected chi connectivity index (χ3v) is 6.94. The first-order valence-electron chi connectivity index (χ1n) is 9.90. The third-order valence-electron chi connectivity index (χ3n) is 5.39. The van der Waals surface area contributed by atoms with Gasteiger partial charge in [-0.2, -0.15) is 0 Å². The van der Waals surface area contributed by atoms with E-state index < -0.39 is 6.04 Å². The highest BCUT2D eigenvalue weighted by Gasteiger charge is 2.22. The highest BCUT2D eigenvalue weighted by atomic mass is 79.9. The molecule has 0 aliphatic carbocycles. The Morgan fingerprint density at radius 1 is 1.13 bits per heavy atom. The molecule has 0 radical (unpaired) electrons. The summed E-state index contributed by atoms with van der Waals surface area (Å²) in [6, 6.07) is 13.0. The Morgan fingerprint density at radius 3 is 2.55 bits per heavy atom. The maximum absolute atomic E-state index is 13.5. The minimum Gasteiger partial charge on any atom is -0.324 e. The Kier molecular flexibility index (Phi) is 5.81. The number of rotatable bonds is 4. The van der Waals surface area contributed by atoms with Gasteiger partial charge < -0.3 is 5.32 Å². The van der Waals surface area contributed by atoms with Crippen molar-refractivity contribution in [3.8, 4) is 11.1 Å². The van der Waals surface area contributed by atoms with Gasteiger partial charge in [0.25, 0.3) is 5.56 Å². The lowest BCUT2D eigenvalue weighted by atomic mass is 10.0. The van der Waals surface area contributed by atoms with Gasteiger partial charge in [0.15, 0.2) is 0 Å². The average molecular weight is 496 g/mol. The van der Waals surface area contributed by atoms with Gasteiger partial charge in [-0.25, -0.2) is 4.98 Å². The van der Waals surface area contributed by atoms with E-state index in [0.717, 1.165) is 37.3 Å². The molecule has 2 heterocycles. The van der Waals surface area contributed by atoms with Crippen LogP contribution in [-0.2, 0) is 4.79 Å². The number of aromatic nitrogens is 2. The van der Waals surface area contributed by atoms with Crippen LogP contribution in [0.15, 0.2) is 58.1 Å². The largest absolute Gasteiger partial charge is 0.324 e. The smallest absolute Gasteiger partial charge is 0.263 e. The van der Waals surface area contributed by atoms with E-state index in [1.54, 1.807) is 6.92 Å². The summed E-state index contributed by atoms with van der Waals surface area (Å²) in [5.74, 6) is -0.255. The van der Waals surface area contributed by atoms with E-state index >= 15 is 0 Å². The lowest BCUT2D eigenvalue weighted by Gasteiger charge is -2.16. The molecule has 4 rings (SSSR count). The molecule has 31 heavy (non-hydrogen) atoms. The second-order valence-corrected chi connectivity index (χ2v) is 9.78. The van der Waals surface area contributed by atoms with Crippen LogP contribution in [-0.4, -0.2) is 15.5 Å². The maximum atomic E-state index is 13.5. The second kappa shape index (κ2) is 8.40. The average Bonchev–Trinajstić information content (AvgIpc) is 3.08. The summed E-state index contributed by atoms with van der Waals surface area (Å²) in [7, 11) is 0. The van der Waals surface area contributed by atoms with Crippen molar-refractivity contribution < 1.29 is 4.79 Å². The molecule has 158 valence electrons. The molecule has 2 aromatic heterocycles. The highest BCUT2D eigenvalue weighted by Crippen LogP contribution is 2.36. The Labute approximate surface area is 192 Å². The first-order chi connectivity index (χ1) is 14.8. The lowest BCUT2D eigenvalue weighted by Crippen LogP contribution is -2.32. The quantitative estimate of drug-likeness (QED) is 0.376. The Morgan fingerprint density at radius 2 is 1.84 bits per heavy atom. The minimum atomic E-state index is -0.706. The van der Waals surface area contributed by atoms with E-state index in [9.17, 15) is 9.59 Å². The molecule has 0 aliphatic rings. The zero-order valence-electron chi connectivity index (χ0n) is 17.7. The number of aryl methyl sites for hydroxylation is 3. The van der Waals surface area contributed by atoms with Crippen LogP contribution in [0.3, 0.4) is 0 Å². The normalized spacial score (nSPS) is 12.2. The molecular formula is C24H22BrN3O2S. The molecule has 0 aliphatic heterocycles. The van der Waals surface area contributed by atoms with Crippen molar-refractivity contribution in [2.45, 2.75) is 33.7 Å². The summed E-state index contributed by atoms with van der Waals surface area (Å²) in [6.07, 6.45) is 1.47. The van der Waals surface area contributed by atoms with Crippen LogP contribution in [0.25, 0.3) is 21.3 Å². The Balaban J connectivity index is 1.76. The van der Waals surface area contributed by atoms with Gasteiger partial charge in [0, 0.05) is 20.6 Å². The molecular weight excluding hydrogens is 474 g/mol. The number of carbonyl (C=O) groups is 1. The van der Waals surface area contributed by atoms with Gasteiger partial charge in [-0.1, -0.05) is 40.2 Å². The Hall–Kier alpha value is -2.77. The van der Waals surface area contributed by atoms with Crippen molar-refractivity contribution in [2.75, 3.05) is 5.32 Å². The SMILES string of the molecule is Cc1ccc(C)c(NC(=O)C(C)n2cnc3sc(C)c(-c4ccc(Br)cc4)c3c2=O)c1. The van der Waals surface area contributed by atoms with E-state index in [0.29, 0.717) is 10.2 Å². The van der Waals surface area contributed by atoms with Gasteiger partial charge in [-0.05, 0) is 62.6 Å². The van der Waals surface area contributed by atoms with E-state index in [4.69, 9.17) is 0 Å². The van der Waals surface area contributed by atoms with Crippen molar-refractivity contribution in [3.63, 3.8) is 0 Å². The predicted molar refractivity (Wildman–Crippen MR) is 131 cm³/mol. The van der Waals surface area contributed by atoms with Crippen molar-refractivity contribution in [1.29, 1.82) is 0 Å². The van der Waals surface area contributed by atoms with Crippen molar-refractivity contribution in [1.82, 2.24) is 9.55 Å². The maximum Gasteiger partial charge on any atom is 0.263 e. The van der Waals surface area contributed by atoms with E-state index in [2.05, 4.69) is 26.2 Å². The molecule has 5 nitrogen and oxygen atoms in total. The third kappa shape index (κ3) is 4.07. The molecule has 0 fully saturated rings. The molecule has 1 atom stereocenters. The number of nitrogens with one attached hydrogen (secondary N) is 1. The fourth-order valence-electron chi connectivity index (χ4n) is 3.59.